The predicted octanol–water partition coefficient (Wildman–Crippen LogP) is 3.08. The molecule has 0 saturated carbocycles. The molecule has 0 atom stereocenters. The number of hydrogen-bond donors (Lipinski definition) is 2. The van der Waals surface area contributed by atoms with E-state index in [0.29, 0.717) is 11.8 Å². The van der Waals surface area contributed by atoms with Gasteiger partial charge in [0, 0.05) is 31.9 Å². The molecule has 6 heteroatoms. The van der Waals surface area contributed by atoms with Crippen molar-refractivity contribution in [1.82, 2.24) is 20.6 Å². The largest absolute Gasteiger partial charge is 0.476 e. The Morgan fingerprint density at radius 3 is 2.40 bits per heavy atom. The third kappa shape index (κ3) is 4.40. The predicted molar refractivity (Wildman–Crippen MR) is 121 cm³/mol. The summed E-state index contributed by atoms with van der Waals surface area (Å²) in [6, 6.07) is 15.1. The fourth-order valence-corrected chi connectivity index (χ4v) is 4.28. The van der Waals surface area contributed by atoms with Gasteiger partial charge in [-0.25, -0.2) is 9.97 Å². The Balaban J connectivity index is 1.31. The summed E-state index contributed by atoms with van der Waals surface area (Å²) >= 11 is 0. The van der Waals surface area contributed by atoms with Crippen molar-refractivity contribution in [3.05, 3.63) is 48.7 Å². The van der Waals surface area contributed by atoms with Gasteiger partial charge in [0.1, 0.15) is 0 Å². The highest BCUT2D eigenvalue weighted by atomic mass is 16.5. The highest BCUT2D eigenvalue weighted by molar-refractivity contribution is 5.81. The Bertz CT molecular complexity index is 979. The Morgan fingerprint density at radius 2 is 1.60 bits per heavy atom. The number of nitrogens with zero attached hydrogens (tertiary/aromatic N) is 3. The number of piperidine rings is 1. The van der Waals surface area contributed by atoms with Crippen LogP contribution in [0.4, 0.5) is 5.69 Å². The minimum Gasteiger partial charge on any atom is -0.476 e. The van der Waals surface area contributed by atoms with Crippen LogP contribution in [-0.4, -0.2) is 55.8 Å². The Morgan fingerprint density at radius 1 is 0.867 bits per heavy atom. The standard InChI is InChI=1S/C24H29N5O/c1-4-21(29-13-11-26-12-14-29)5-2-19(1)20-3-6-22-23(15-20)28-24(16-27-22)30-17-18-7-9-25-10-8-18/h1-6,15-16,18,25-26H,7-14,17H2. The van der Waals surface area contributed by atoms with Crippen LogP contribution in [0.3, 0.4) is 0 Å². The molecule has 2 aliphatic heterocycles. The van der Waals surface area contributed by atoms with E-state index in [2.05, 4.69) is 56.9 Å². The Hall–Kier alpha value is -2.70. The zero-order chi connectivity index (χ0) is 20.2. The van der Waals surface area contributed by atoms with Gasteiger partial charge >= 0.3 is 0 Å². The smallest absolute Gasteiger partial charge is 0.232 e. The summed E-state index contributed by atoms with van der Waals surface area (Å²) in [6.07, 6.45) is 4.07. The van der Waals surface area contributed by atoms with Crippen molar-refractivity contribution in [2.75, 3.05) is 50.8 Å². The van der Waals surface area contributed by atoms with E-state index in [-0.39, 0.29) is 0 Å². The minimum atomic E-state index is 0.601. The van der Waals surface area contributed by atoms with E-state index in [0.717, 1.165) is 75.3 Å². The zero-order valence-electron chi connectivity index (χ0n) is 17.3. The molecule has 0 radical (unpaired) electrons. The molecule has 0 unspecified atom stereocenters. The van der Waals surface area contributed by atoms with E-state index in [1.54, 1.807) is 6.20 Å². The number of rotatable bonds is 5. The third-order valence-corrected chi connectivity index (χ3v) is 6.13. The van der Waals surface area contributed by atoms with E-state index < -0.39 is 0 Å². The Labute approximate surface area is 177 Å². The maximum Gasteiger partial charge on any atom is 0.232 e. The summed E-state index contributed by atoms with van der Waals surface area (Å²) in [6.45, 7) is 7.09. The van der Waals surface area contributed by atoms with Gasteiger partial charge in [-0.15, -0.1) is 0 Å². The van der Waals surface area contributed by atoms with Gasteiger partial charge in [0.25, 0.3) is 0 Å². The van der Waals surface area contributed by atoms with E-state index in [9.17, 15) is 0 Å². The van der Waals surface area contributed by atoms with Crippen LogP contribution in [0.2, 0.25) is 0 Å². The maximum atomic E-state index is 5.97. The van der Waals surface area contributed by atoms with Crippen LogP contribution in [0, 0.1) is 5.92 Å². The van der Waals surface area contributed by atoms with E-state index in [1.807, 2.05) is 6.07 Å². The number of piperazine rings is 1. The lowest BCUT2D eigenvalue weighted by atomic mass is 9.99. The highest BCUT2D eigenvalue weighted by Crippen LogP contribution is 2.26. The molecule has 2 aliphatic rings. The molecular formula is C24H29N5O. The summed E-state index contributed by atoms with van der Waals surface area (Å²) in [7, 11) is 0. The quantitative estimate of drug-likeness (QED) is 0.683. The highest BCUT2D eigenvalue weighted by Gasteiger charge is 2.14. The molecule has 156 valence electrons. The van der Waals surface area contributed by atoms with E-state index in [1.165, 1.54) is 11.3 Å². The van der Waals surface area contributed by atoms with Crippen LogP contribution in [0.5, 0.6) is 5.88 Å². The molecule has 5 rings (SSSR count). The minimum absolute atomic E-state index is 0.601. The normalized spacial score (nSPS) is 17.9. The van der Waals surface area contributed by atoms with Gasteiger partial charge in [0.15, 0.2) is 0 Å². The monoisotopic (exact) mass is 403 g/mol. The number of fused-ring (bicyclic) bond motifs is 1. The first-order chi connectivity index (χ1) is 14.8. The SMILES string of the molecule is c1cc(N2CCNCC2)ccc1-c1ccc2ncc(OCC3CCNCC3)nc2c1. The molecule has 2 fully saturated rings. The summed E-state index contributed by atoms with van der Waals surface area (Å²) in [5.41, 5.74) is 5.40. The van der Waals surface area contributed by atoms with Crippen molar-refractivity contribution in [2.45, 2.75) is 12.8 Å². The average molecular weight is 404 g/mol. The van der Waals surface area contributed by atoms with Crippen LogP contribution in [0.25, 0.3) is 22.2 Å². The van der Waals surface area contributed by atoms with Crippen LogP contribution >= 0.6 is 0 Å². The van der Waals surface area contributed by atoms with Crippen molar-refractivity contribution < 1.29 is 4.74 Å². The van der Waals surface area contributed by atoms with Crippen molar-refractivity contribution in [3.63, 3.8) is 0 Å². The summed E-state index contributed by atoms with van der Waals surface area (Å²) in [4.78, 5) is 11.7. The molecule has 2 saturated heterocycles. The fraction of sp³-hybridized carbons (Fsp3) is 0.417. The average Bonchev–Trinajstić information content (AvgIpc) is 2.83. The number of aromatic nitrogens is 2. The molecule has 2 N–H and O–H groups in total. The van der Waals surface area contributed by atoms with Crippen LogP contribution in [-0.2, 0) is 0 Å². The third-order valence-electron chi connectivity index (χ3n) is 6.13. The topological polar surface area (TPSA) is 62.3 Å². The fourth-order valence-electron chi connectivity index (χ4n) is 4.28. The molecule has 0 amide bonds. The van der Waals surface area contributed by atoms with E-state index in [4.69, 9.17) is 9.72 Å². The van der Waals surface area contributed by atoms with Crippen LogP contribution in [0.15, 0.2) is 48.7 Å². The van der Waals surface area contributed by atoms with Crippen LogP contribution < -0.4 is 20.3 Å². The molecule has 3 heterocycles. The van der Waals surface area contributed by atoms with Crippen LogP contribution in [0.1, 0.15) is 12.8 Å². The summed E-state index contributed by atoms with van der Waals surface area (Å²) in [5, 5.41) is 6.80. The van der Waals surface area contributed by atoms with Crippen molar-refractivity contribution >= 4 is 16.7 Å². The number of anilines is 1. The summed E-state index contributed by atoms with van der Waals surface area (Å²) < 4.78 is 5.97. The first kappa shape index (κ1) is 19.3. The van der Waals surface area contributed by atoms with Gasteiger partial charge in [-0.1, -0.05) is 18.2 Å². The first-order valence-corrected chi connectivity index (χ1v) is 11.0. The molecule has 3 aromatic rings. The zero-order valence-corrected chi connectivity index (χ0v) is 17.3. The Kier molecular flexibility index (Phi) is 5.77. The second-order valence-corrected chi connectivity index (χ2v) is 8.20. The molecule has 2 aromatic carbocycles. The molecule has 0 aliphatic carbocycles. The van der Waals surface area contributed by atoms with Gasteiger partial charge in [0.05, 0.1) is 23.8 Å². The molecule has 30 heavy (non-hydrogen) atoms. The molecule has 1 aromatic heterocycles. The molecule has 0 bridgehead atoms. The second kappa shape index (κ2) is 8.98. The van der Waals surface area contributed by atoms with Gasteiger partial charge in [0.2, 0.25) is 5.88 Å². The van der Waals surface area contributed by atoms with Gasteiger partial charge in [-0.3, -0.25) is 0 Å². The number of hydrogen-bond acceptors (Lipinski definition) is 6. The lowest BCUT2D eigenvalue weighted by Crippen LogP contribution is -2.43. The second-order valence-electron chi connectivity index (χ2n) is 8.20. The lowest BCUT2D eigenvalue weighted by molar-refractivity contribution is 0.209. The van der Waals surface area contributed by atoms with Crippen molar-refractivity contribution in [2.24, 2.45) is 5.92 Å². The van der Waals surface area contributed by atoms with Gasteiger partial charge < -0.3 is 20.3 Å². The number of benzene rings is 2. The maximum absolute atomic E-state index is 5.97. The van der Waals surface area contributed by atoms with Crippen molar-refractivity contribution in [1.29, 1.82) is 0 Å². The molecule has 0 spiro atoms. The van der Waals surface area contributed by atoms with Gasteiger partial charge in [-0.05, 0) is 67.2 Å². The summed E-state index contributed by atoms with van der Waals surface area (Å²) in [5.74, 6) is 1.22. The first-order valence-electron chi connectivity index (χ1n) is 11.0. The lowest BCUT2D eigenvalue weighted by Gasteiger charge is -2.29. The van der Waals surface area contributed by atoms with Crippen molar-refractivity contribution in [3.8, 4) is 17.0 Å². The molecule has 6 nitrogen and oxygen atoms in total. The molecular weight excluding hydrogens is 374 g/mol. The number of ether oxygens (including phenoxy) is 1. The number of nitrogens with one attached hydrogen (secondary N) is 2. The van der Waals surface area contributed by atoms with E-state index >= 15 is 0 Å². The van der Waals surface area contributed by atoms with Gasteiger partial charge in [-0.2, -0.15) is 0 Å².